The molecule has 0 amide bonds. The van der Waals surface area contributed by atoms with Gasteiger partial charge in [0.2, 0.25) is 10.0 Å². The Balaban J connectivity index is 3.44. The zero-order valence-electron chi connectivity index (χ0n) is 10.2. The lowest BCUT2D eigenvalue weighted by Gasteiger charge is -2.10. The van der Waals surface area contributed by atoms with Crippen molar-refractivity contribution in [3.8, 4) is 0 Å². The van der Waals surface area contributed by atoms with Crippen LogP contribution in [0.4, 0.5) is 5.69 Å². The molecule has 0 heterocycles. The van der Waals surface area contributed by atoms with Gasteiger partial charge < -0.3 is 5.11 Å². The lowest BCUT2D eigenvalue weighted by molar-refractivity contribution is 0.0698. The fraction of sp³-hybridized carbons (Fsp3) is 0.300. The number of benzene rings is 1. The number of carboxylic acids is 1. The number of carboxylic acid groups (broad SMARTS) is 1. The molecule has 0 bridgehead atoms. The van der Waals surface area contributed by atoms with Crippen molar-refractivity contribution in [2.75, 3.05) is 16.7 Å². The molecule has 0 saturated carbocycles. The van der Waals surface area contributed by atoms with Crippen molar-refractivity contribution >= 4 is 31.5 Å². The Labute approximate surface area is 111 Å². The Morgan fingerprint density at radius 3 is 2.26 bits per heavy atom. The van der Waals surface area contributed by atoms with E-state index in [1.165, 1.54) is 6.92 Å². The Bertz CT molecular complexity index is 706. The highest BCUT2D eigenvalue weighted by Gasteiger charge is 2.18. The second-order valence-corrected chi connectivity index (χ2v) is 7.82. The van der Waals surface area contributed by atoms with Crippen LogP contribution in [0.2, 0.25) is 0 Å². The van der Waals surface area contributed by atoms with Gasteiger partial charge in [0.25, 0.3) is 0 Å². The fourth-order valence-electron chi connectivity index (χ4n) is 1.26. The molecule has 106 valence electrons. The number of sulfone groups is 1. The maximum Gasteiger partial charge on any atom is 0.337 e. The number of rotatable bonds is 5. The minimum atomic E-state index is -3.70. The van der Waals surface area contributed by atoms with Gasteiger partial charge in [-0.15, -0.1) is 0 Å². The summed E-state index contributed by atoms with van der Waals surface area (Å²) in [6.07, 6.45) is 0.945. The molecule has 0 radical (unpaired) electrons. The highest BCUT2D eigenvalue weighted by Crippen LogP contribution is 2.22. The van der Waals surface area contributed by atoms with E-state index in [1.54, 1.807) is 0 Å². The van der Waals surface area contributed by atoms with Crippen molar-refractivity contribution in [2.45, 2.75) is 11.8 Å². The van der Waals surface area contributed by atoms with Gasteiger partial charge in [-0.05, 0) is 25.1 Å². The SMILES string of the molecule is CCS(=O)(=O)Nc1cc(S(C)(=O)=O)ccc1C(=O)O. The Morgan fingerprint density at radius 2 is 1.84 bits per heavy atom. The van der Waals surface area contributed by atoms with Crippen molar-refractivity contribution < 1.29 is 26.7 Å². The van der Waals surface area contributed by atoms with Gasteiger partial charge >= 0.3 is 5.97 Å². The summed E-state index contributed by atoms with van der Waals surface area (Å²) >= 11 is 0. The predicted octanol–water partition coefficient (Wildman–Crippen LogP) is 0.550. The summed E-state index contributed by atoms with van der Waals surface area (Å²) in [7, 11) is -7.26. The molecule has 0 saturated heterocycles. The third-order valence-electron chi connectivity index (χ3n) is 2.30. The first-order valence-corrected chi connectivity index (χ1v) is 8.69. The lowest BCUT2D eigenvalue weighted by atomic mass is 10.2. The summed E-state index contributed by atoms with van der Waals surface area (Å²) in [5, 5.41) is 8.94. The molecule has 0 spiro atoms. The van der Waals surface area contributed by atoms with E-state index in [1.807, 2.05) is 0 Å². The maximum absolute atomic E-state index is 11.5. The quantitative estimate of drug-likeness (QED) is 0.820. The zero-order chi connectivity index (χ0) is 14.8. The van der Waals surface area contributed by atoms with Gasteiger partial charge in [-0.3, -0.25) is 4.72 Å². The van der Waals surface area contributed by atoms with Crippen molar-refractivity contribution in [1.29, 1.82) is 0 Å². The Morgan fingerprint density at radius 1 is 1.26 bits per heavy atom. The monoisotopic (exact) mass is 307 g/mol. The van der Waals surface area contributed by atoms with Crippen LogP contribution >= 0.6 is 0 Å². The molecule has 0 atom stereocenters. The van der Waals surface area contributed by atoms with E-state index in [2.05, 4.69) is 4.72 Å². The molecule has 1 rings (SSSR count). The van der Waals surface area contributed by atoms with E-state index in [0.717, 1.165) is 24.5 Å². The molecule has 0 aliphatic heterocycles. The molecule has 7 nitrogen and oxygen atoms in total. The summed E-state index contributed by atoms with van der Waals surface area (Å²) in [4.78, 5) is 10.8. The smallest absolute Gasteiger partial charge is 0.337 e. The van der Waals surface area contributed by atoms with Gasteiger partial charge in [0.05, 0.1) is 21.9 Å². The van der Waals surface area contributed by atoms with Crippen LogP contribution in [0, 0.1) is 0 Å². The fourth-order valence-corrected chi connectivity index (χ4v) is 2.56. The van der Waals surface area contributed by atoms with Crippen LogP contribution in [0.1, 0.15) is 17.3 Å². The standard InChI is InChI=1S/C10H13NO6S2/c1-3-19(16,17)11-9-6-7(18(2,14)15)4-5-8(9)10(12)13/h4-6,11H,3H2,1-2H3,(H,12,13). The van der Waals surface area contributed by atoms with Crippen molar-refractivity contribution in [2.24, 2.45) is 0 Å². The van der Waals surface area contributed by atoms with E-state index >= 15 is 0 Å². The first-order chi connectivity index (χ1) is 8.57. The average Bonchev–Trinajstić information content (AvgIpc) is 2.27. The summed E-state index contributed by atoms with van der Waals surface area (Å²) in [5.41, 5.74) is -0.582. The van der Waals surface area contributed by atoms with E-state index in [0.29, 0.717) is 0 Å². The number of hydrogen-bond acceptors (Lipinski definition) is 5. The van der Waals surface area contributed by atoms with E-state index < -0.39 is 25.8 Å². The molecule has 1 aromatic carbocycles. The van der Waals surface area contributed by atoms with Crippen LogP contribution in [0.3, 0.4) is 0 Å². The van der Waals surface area contributed by atoms with Gasteiger partial charge in [0.15, 0.2) is 9.84 Å². The molecule has 1 aromatic rings. The Kier molecular flexibility index (Phi) is 4.21. The minimum absolute atomic E-state index is 0.161. The van der Waals surface area contributed by atoms with Gasteiger partial charge in [-0.2, -0.15) is 0 Å². The third-order valence-corrected chi connectivity index (χ3v) is 4.70. The van der Waals surface area contributed by atoms with Crippen LogP contribution in [-0.4, -0.2) is 39.9 Å². The molecular weight excluding hydrogens is 294 g/mol. The van der Waals surface area contributed by atoms with E-state index in [-0.39, 0.29) is 21.9 Å². The lowest BCUT2D eigenvalue weighted by Crippen LogP contribution is -2.17. The molecule has 2 N–H and O–H groups in total. The molecular formula is C10H13NO6S2. The van der Waals surface area contributed by atoms with E-state index in [4.69, 9.17) is 5.11 Å². The summed E-state index contributed by atoms with van der Waals surface area (Å²) < 4.78 is 47.7. The highest BCUT2D eigenvalue weighted by atomic mass is 32.2. The molecule has 0 fully saturated rings. The summed E-state index contributed by atoms with van der Waals surface area (Å²) in [5.74, 6) is -1.61. The zero-order valence-corrected chi connectivity index (χ0v) is 11.9. The average molecular weight is 307 g/mol. The largest absolute Gasteiger partial charge is 0.478 e. The first-order valence-electron chi connectivity index (χ1n) is 5.14. The van der Waals surface area contributed by atoms with Crippen LogP contribution in [-0.2, 0) is 19.9 Å². The second kappa shape index (κ2) is 5.17. The third kappa shape index (κ3) is 3.93. The van der Waals surface area contributed by atoms with Crippen LogP contribution in [0.25, 0.3) is 0 Å². The van der Waals surface area contributed by atoms with Gasteiger partial charge in [-0.1, -0.05) is 0 Å². The number of nitrogens with one attached hydrogen (secondary N) is 1. The summed E-state index contributed by atoms with van der Waals surface area (Å²) in [6, 6.07) is 3.15. The number of hydrogen-bond donors (Lipinski definition) is 2. The van der Waals surface area contributed by atoms with Crippen LogP contribution in [0.15, 0.2) is 23.1 Å². The number of carbonyl (C=O) groups is 1. The second-order valence-electron chi connectivity index (χ2n) is 3.79. The highest BCUT2D eigenvalue weighted by molar-refractivity contribution is 7.92. The van der Waals surface area contributed by atoms with Gasteiger partial charge in [0, 0.05) is 6.26 Å². The van der Waals surface area contributed by atoms with Gasteiger partial charge in [0.1, 0.15) is 0 Å². The van der Waals surface area contributed by atoms with Crippen LogP contribution < -0.4 is 4.72 Å². The van der Waals surface area contributed by atoms with Crippen molar-refractivity contribution in [3.63, 3.8) is 0 Å². The van der Waals surface area contributed by atoms with Crippen molar-refractivity contribution in [3.05, 3.63) is 23.8 Å². The van der Waals surface area contributed by atoms with Crippen LogP contribution in [0.5, 0.6) is 0 Å². The summed E-state index contributed by atoms with van der Waals surface area (Å²) in [6.45, 7) is 1.38. The molecule has 19 heavy (non-hydrogen) atoms. The minimum Gasteiger partial charge on any atom is -0.478 e. The topological polar surface area (TPSA) is 118 Å². The molecule has 0 aromatic heterocycles. The van der Waals surface area contributed by atoms with Gasteiger partial charge in [-0.25, -0.2) is 21.6 Å². The number of anilines is 1. The first kappa shape index (κ1) is 15.4. The normalized spacial score (nSPS) is 12.1. The van der Waals surface area contributed by atoms with E-state index in [9.17, 15) is 21.6 Å². The maximum atomic E-state index is 11.5. The Hall–Kier alpha value is -1.61. The molecule has 0 unspecified atom stereocenters. The number of sulfonamides is 1. The number of aromatic carboxylic acids is 1. The predicted molar refractivity (Wildman–Crippen MR) is 69.6 cm³/mol. The molecule has 0 aliphatic rings. The van der Waals surface area contributed by atoms with Crippen molar-refractivity contribution in [1.82, 2.24) is 0 Å². The molecule has 9 heteroatoms. The molecule has 0 aliphatic carbocycles.